The van der Waals surface area contributed by atoms with E-state index in [9.17, 15) is 9.59 Å². The van der Waals surface area contributed by atoms with Crippen LogP contribution in [0.25, 0.3) is 12.2 Å². The van der Waals surface area contributed by atoms with Crippen LogP contribution in [0.15, 0.2) is 40.0 Å². The first kappa shape index (κ1) is 15.8. The second-order valence-electron chi connectivity index (χ2n) is 6.21. The van der Waals surface area contributed by atoms with E-state index in [0.29, 0.717) is 9.20 Å². The van der Waals surface area contributed by atoms with Crippen molar-refractivity contribution < 1.29 is 9.21 Å². The van der Waals surface area contributed by atoms with Crippen molar-refractivity contribution in [1.29, 1.82) is 0 Å². The maximum Gasteiger partial charge on any atom is 0.266 e. The van der Waals surface area contributed by atoms with Crippen molar-refractivity contribution in [2.24, 2.45) is 5.92 Å². The molecule has 1 fully saturated rings. The lowest BCUT2D eigenvalue weighted by Crippen LogP contribution is -2.20. The van der Waals surface area contributed by atoms with Crippen molar-refractivity contribution in [3.8, 4) is 0 Å². The number of thiazole rings is 1. The van der Waals surface area contributed by atoms with Gasteiger partial charge in [-0.05, 0) is 37.0 Å². The Morgan fingerprint density at radius 2 is 2.36 bits per heavy atom. The topological polar surface area (TPSA) is 80.9 Å². The van der Waals surface area contributed by atoms with Gasteiger partial charge in [0.1, 0.15) is 0 Å². The molecule has 0 aliphatic heterocycles. The second kappa shape index (κ2) is 6.68. The van der Waals surface area contributed by atoms with Crippen LogP contribution in [0, 0.1) is 5.92 Å². The molecule has 4 rings (SSSR count). The molecule has 3 aromatic rings. The number of rotatable bonds is 5. The van der Waals surface area contributed by atoms with Gasteiger partial charge in [-0.2, -0.15) is 5.10 Å². The normalized spacial score (nSPS) is 16.3. The van der Waals surface area contributed by atoms with Gasteiger partial charge in [-0.15, -0.1) is 11.3 Å². The number of ketones is 1. The number of H-pyrrole nitrogens is 1. The number of carbonyl (C=O) groups excluding carboxylic acids is 1. The van der Waals surface area contributed by atoms with Crippen molar-refractivity contribution in [2.75, 3.05) is 0 Å². The highest BCUT2D eigenvalue weighted by molar-refractivity contribution is 7.07. The van der Waals surface area contributed by atoms with Crippen LogP contribution in [0.4, 0.5) is 0 Å². The standard InChI is InChI=1S/C18H17N3O3S/c22-14(15-5-2-6-24-15)8-17-20-18(23)16(25-17)7-13-9-19-21(11-13)10-12-3-1-4-12/h2,5-9,11-12H,1,3-4,10H2,(H,20,23)/b16-7+,17-8-. The fourth-order valence-corrected chi connectivity index (χ4v) is 3.66. The van der Waals surface area contributed by atoms with Gasteiger partial charge < -0.3 is 9.40 Å². The number of nitrogens with zero attached hydrogens (tertiary/aromatic N) is 2. The first-order valence-electron chi connectivity index (χ1n) is 8.20. The molecule has 0 saturated heterocycles. The first-order valence-corrected chi connectivity index (χ1v) is 9.02. The van der Waals surface area contributed by atoms with Gasteiger partial charge in [-0.1, -0.05) is 6.42 Å². The summed E-state index contributed by atoms with van der Waals surface area (Å²) in [6.45, 7) is 0.936. The Morgan fingerprint density at radius 3 is 3.08 bits per heavy atom. The average molecular weight is 355 g/mol. The summed E-state index contributed by atoms with van der Waals surface area (Å²) in [5.41, 5.74) is 0.672. The molecule has 3 aromatic heterocycles. The Bertz CT molecular complexity index is 1050. The molecule has 1 N–H and O–H groups in total. The number of furan rings is 1. The van der Waals surface area contributed by atoms with Gasteiger partial charge in [0.25, 0.3) is 5.56 Å². The fraction of sp³-hybridized carbons (Fsp3) is 0.278. The summed E-state index contributed by atoms with van der Waals surface area (Å²) in [6, 6.07) is 3.24. The molecule has 0 spiro atoms. The van der Waals surface area contributed by atoms with Crippen molar-refractivity contribution >= 4 is 29.3 Å². The highest BCUT2D eigenvalue weighted by atomic mass is 32.1. The average Bonchev–Trinajstić information content (AvgIpc) is 3.26. The van der Waals surface area contributed by atoms with Crippen molar-refractivity contribution in [3.05, 3.63) is 61.7 Å². The molecule has 0 atom stereocenters. The SMILES string of the molecule is O=C(/C=c1/[nH]c(=O)/c(=C\c2cnn(CC3CCC3)c2)s1)c1ccco1. The molecule has 25 heavy (non-hydrogen) atoms. The quantitative estimate of drug-likeness (QED) is 0.704. The maximum atomic E-state index is 12.1. The third-order valence-electron chi connectivity index (χ3n) is 4.33. The molecule has 7 heteroatoms. The smallest absolute Gasteiger partial charge is 0.266 e. The van der Waals surface area contributed by atoms with E-state index >= 15 is 0 Å². The molecule has 1 aliphatic rings. The third-order valence-corrected chi connectivity index (χ3v) is 5.29. The number of nitrogens with one attached hydrogen (secondary N) is 1. The molecule has 0 aromatic carbocycles. The van der Waals surface area contributed by atoms with Gasteiger partial charge in [0.05, 0.1) is 21.7 Å². The molecular weight excluding hydrogens is 338 g/mol. The van der Waals surface area contributed by atoms with Gasteiger partial charge in [-0.3, -0.25) is 14.3 Å². The van der Waals surface area contributed by atoms with E-state index in [1.807, 2.05) is 10.9 Å². The number of hydrogen-bond acceptors (Lipinski definition) is 5. The number of hydrogen-bond donors (Lipinski definition) is 1. The Kier molecular flexibility index (Phi) is 4.23. The van der Waals surface area contributed by atoms with Gasteiger partial charge in [0.15, 0.2) is 5.76 Å². The zero-order valence-electron chi connectivity index (χ0n) is 13.5. The van der Waals surface area contributed by atoms with Crippen LogP contribution in [0.1, 0.15) is 35.4 Å². The van der Waals surface area contributed by atoms with E-state index in [4.69, 9.17) is 4.42 Å². The van der Waals surface area contributed by atoms with Crippen LogP contribution in [0.2, 0.25) is 0 Å². The predicted octanol–water partition coefficient (Wildman–Crippen LogP) is 1.52. The maximum absolute atomic E-state index is 12.1. The lowest BCUT2D eigenvalue weighted by Gasteiger charge is -2.24. The zero-order chi connectivity index (χ0) is 17.2. The van der Waals surface area contributed by atoms with E-state index in [1.165, 1.54) is 42.9 Å². The van der Waals surface area contributed by atoms with Gasteiger partial charge in [0.2, 0.25) is 5.78 Å². The molecule has 0 bridgehead atoms. The summed E-state index contributed by atoms with van der Waals surface area (Å²) in [5, 5.41) is 4.36. The molecule has 128 valence electrons. The van der Waals surface area contributed by atoms with Crippen LogP contribution >= 0.6 is 11.3 Å². The van der Waals surface area contributed by atoms with Crippen molar-refractivity contribution in [1.82, 2.24) is 14.8 Å². The van der Waals surface area contributed by atoms with Crippen molar-refractivity contribution in [2.45, 2.75) is 25.8 Å². The molecule has 1 saturated carbocycles. The van der Waals surface area contributed by atoms with E-state index in [2.05, 4.69) is 10.1 Å². The zero-order valence-corrected chi connectivity index (χ0v) is 14.3. The molecule has 6 nitrogen and oxygen atoms in total. The minimum absolute atomic E-state index is 0.213. The lowest BCUT2D eigenvalue weighted by atomic mass is 9.85. The summed E-state index contributed by atoms with van der Waals surface area (Å²) in [4.78, 5) is 26.8. The van der Waals surface area contributed by atoms with E-state index in [-0.39, 0.29) is 17.1 Å². The Labute approximate surface area is 147 Å². The summed E-state index contributed by atoms with van der Waals surface area (Å²) in [6.07, 6.45) is 12.2. The minimum Gasteiger partial charge on any atom is -0.461 e. The van der Waals surface area contributed by atoms with Crippen LogP contribution in [0.5, 0.6) is 0 Å². The van der Waals surface area contributed by atoms with Gasteiger partial charge in [0, 0.05) is 24.4 Å². The largest absolute Gasteiger partial charge is 0.461 e. The molecular formula is C18H17N3O3S. The van der Waals surface area contributed by atoms with Crippen molar-refractivity contribution in [3.63, 3.8) is 0 Å². The lowest BCUT2D eigenvalue weighted by molar-refractivity contribution is 0.103. The molecule has 0 radical (unpaired) electrons. The third kappa shape index (κ3) is 3.56. The highest BCUT2D eigenvalue weighted by Crippen LogP contribution is 2.27. The number of aromatic amines is 1. The molecule has 0 amide bonds. The van der Waals surface area contributed by atoms with E-state index < -0.39 is 0 Å². The molecule has 0 unspecified atom stereocenters. The Morgan fingerprint density at radius 1 is 1.48 bits per heavy atom. The molecule has 3 heterocycles. The first-order chi connectivity index (χ1) is 12.2. The van der Waals surface area contributed by atoms with Crippen LogP contribution in [-0.4, -0.2) is 20.5 Å². The highest BCUT2D eigenvalue weighted by Gasteiger charge is 2.17. The summed E-state index contributed by atoms with van der Waals surface area (Å²) in [7, 11) is 0. The predicted molar refractivity (Wildman–Crippen MR) is 94.8 cm³/mol. The Hall–Kier alpha value is -2.67. The summed E-state index contributed by atoms with van der Waals surface area (Å²) in [5.74, 6) is 0.700. The molecule has 1 aliphatic carbocycles. The fourth-order valence-electron chi connectivity index (χ4n) is 2.78. The second-order valence-corrected chi connectivity index (χ2v) is 7.29. The summed E-state index contributed by atoms with van der Waals surface area (Å²) < 4.78 is 8.04. The van der Waals surface area contributed by atoms with Crippen LogP contribution in [0.3, 0.4) is 0 Å². The number of carbonyl (C=O) groups is 1. The van der Waals surface area contributed by atoms with E-state index in [0.717, 1.165) is 18.0 Å². The monoisotopic (exact) mass is 355 g/mol. The van der Waals surface area contributed by atoms with Crippen LogP contribution < -0.4 is 14.8 Å². The van der Waals surface area contributed by atoms with Gasteiger partial charge >= 0.3 is 0 Å². The summed E-state index contributed by atoms with van der Waals surface area (Å²) >= 11 is 1.24. The number of Topliss-reactive ketones (excluding diaryl/α,β-unsaturated/α-hetero) is 1. The van der Waals surface area contributed by atoms with Gasteiger partial charge in [-0.25, -0.2) is 0 Å². The van der Waals surface area contributed by atoms with Crippen LogP contribution in [-0.2, 0) is 6.54 Å². The Balaban J connectivity index is 1.58. The minimum atomic E-state index is -0.276. The van der Waals surface area contributed by atoms with E-state index in [1.54, 1.807) is 24.4 Å². The number of aromatic nitrogens is 3.